The summed E-state index contributed by atoms with van der Waals surface area (Å²) in [6.07, 6.45) is 1.34. The number of benzene rings is 1. The van der Waals surface area contributed by atoms with E-state index in [0.29, 0.717) is 18.8 Å². The molecule has 0 spiro atoms. The summed E-state index contributed by atoms with van der Waals surface area (Å²) in [5.74, 6) is 0. The number of piperidine rings is 1. The van der Waals surface area contributed by atoms with Crippen LogP contribution in [0.3, 0.4) is 0 Å². The molecule has 1 aromatic carbocycles. The molecule has 13 heteroatoms. The highest BCUT2D eigenvalue weighted by Gasteiger charge is 2.40. The molecule has 0 aliphatic carbocycles. The molecule has 1 aliphatic heterocycles. The van der Waals surface area contributed by atoms with E-state index in [1.165, 1.54) is 17.1 Å². The number of hydrogen-bond acceptors (Lipinski definition) is 11. The number of nitro benzene ring substituents is 1. The summed E-state index contributed by atoms with van der Waals surface area (Å²) in [5, 5.41) is 64.3. The quantitative estimate of drug-likeness (QED) is 0.165. The van der Waals surface area contributed by atoms with Gasteiger partial charge in [-0.05, 0) is 41.9 Å². The fourth-order valence-corrected chi connectivity index (χ4v) is 3.91. The molecule has 13 nitrogen and oxygen atoms in total. The molecule has 5 N–H and O–H groups in total. The molecule has 0 saturated carbocycles. The lowest BCUT2D eigenvalue weighted by molar-refractivity contribution is -0.384. The fraction of sp³-hybridized carbons (Fsp3) is 0.632. The van der Waals surface area contributed by atoms with Crippen molar-refractivity contribution in [3.05, 3.63) is 34.6 Å². The van der Waals surface area contributed by atoms with Gasteiger partial charge in [-0.2, -0.15) is 4.68 Å². The number of nitrogens with zero attached hydrogens (tertiary/aromatic N) is 6. The maximum absolute atomic E-state index is 11.4. The molecule has 0 bridgehead atoms. The summed E-state index contributed by atoms with van der Waals surface area (Å²) in [4.78, 5) is 12.7. The number of hydrogen-bond donors (Lipinski definition) is 5. The number of nitrogens with one attached hydrogen (secondary N) is 1. The maximum Gasteiger partial charge on any atom is 0.297 e. The number of aliphatic hydroxyl groups is 4. The van der Waals surface area contributed by atoms with Gasteiger partial charge in [0, 0.05) is 24.8 Å². The number of anilines is 1. The third-order valence-electron chi connectivity index (χ3n) is 5.69. The number of nitro groups is 1. The van der Waals surface area contributed by atoms with Crippen molar-refractivity contribution in [3.63, 3.8) is 0 Å². The van der Waals surface area contributed by atoms with E-state index in [1.807, 2.05) is 4.90 Å². The minimum atomic E-state index is -1.24. The van der Waals surface area contributed by atoms with E-state index < -0.39 is 29.3 Å². The zero-order valence-corrected chi connectivity index (χ0v) is 17.6. The average molecular weight is 451 g/mol. The number of tetrazole rings is 1. The van der Waals surface area contributed by atoms with Crippen LogP contribution in [0, 0.1) is 10.1 Å². The molecule has 0 amide bonds. The molecule has 1 saturated heterocycles. The standard InChI is InChI=1S/C19H29N7O6/c27-11-16-18(29)19(30)17(28)10-24(16)8-4-2-1-3-7-20-13-5-6-14(15(9-13)26(31)32)25-12-21-22-23-25/h5-6,9,12,16-20,27-30H,1-4,7-8,10-11H2/t16?,17?,18?,19-/m0/s1. The smallest absolute Gasteiger partial charge is 0.297 e. The molecule has 32 heavy (non-hydrogen) atoms. The highest BCUT2D eigenvalue weighted by atomic mass is 16.6. The van der Waals surface area contributed by atoms with Crippen molar-refractivity contribution in [2.45, 2.75) is 50.0 Å². The lowest BCUT2D eigenvalue weighted by Gasteiger charge is -2.43. The molecule has 3 rings (SSSR count). The summed E-state index contributed by atoms with van der Waals surface area (Å²) in [6, 6.07) is 4.20. The van der Waals surface area contributed by atoms with E-state index in [4.69, 9.17) is 0 Å². The van der Waals surface area contributed by atoms with Crippen LogP contribution in [0.25, 0.3) is 5.69 Å². The number of aromatic nitrogens is 4. The normalized spacial score (nSPS) is 23.9. The van der Waals surface area contributed by atoms with Crippen molar-refractivity contribution >= 4 is 11.4 Å². The molecule has 0 radical (unpaired) electrons. The molecule has 176 valence electrons. The highest BCUT2D eigenvalue weighted by Crippen LogP contribution is 2.26. The minimum Gasteiger partial charge on any atom is -0.395 e. The van der Waals surface area contributed by atoms with Crippen LogP contribution >= 0.6 is 0 Å². The Kier molecular flexibility index (Phi) is 8.41. The number of unbranched alkanes of at least 4 members (excludes halogenated alkanes) is 3. The summed E-state index contributed by atoms with van der Waals surface area (Å²) in [6.45, 7) is 1.18. The zero-order valence-electron chi connectivity index (χ0n) is 17.6. The Morgan fingerprint density at radius 3 is 2.62 bits per heavy atom. The van der Waals surface area contributed by atoms with Crippen LogP contribution in [0.15, 0.2) is 24.5 Å². The van der Waals surface area contributed by atoms with E-state index in [0.717, 1.165) is 25.7 Å². The van der Waals surface area contributed by atoms with Crippen LogP contribution in [0.4, 0.5) is 11.4 Å². The lowest BCUT2D eigenvalue weighted by atomic mass is 9.94. The molecule has 1 fully saturated rings. The van der Waals surface area contributed by atoms with Gasteiger partial charge >= 0.3 is 0 Å². The van der Waals surface area contributed by atoms with E-state index in [-0.39, 0.29) is 24.5 Å². The minimum absolute atomic E-state index is 0.100. The highest BCUT2D eigenvalue weighted by molar-refractivity contribution is 5.61. The summed E-state index contributed by atoms with van der Waals surface area (Å²) < 4.78 is 1.24. The summed E-state index contributed by atoms with van der Waals surface area (Å²) >= 11 is 0. The van der Waals surface area contributed by atoms with Gasteiger partial charge in [-0.1, -0.05) is 12.8 Å². The van der Waals surface area contributed by atoms with E-state index in [1.54, 1.807) is 12.1 Å². The second kappa shape index (κ2) is 11.2. The monoisotopic (exact) mass is 451 g/mol. The van der Waals surface area contributed by atoms with Gasteiger partial charge in [0.1, 0.15) is 24.2 Å². The predicted octanol–water partition coefficient (Wildman–Crippen LogP) is -0.698. The van der Waals surface area contributed by atoms with Crippen molar-refractivity contribution in [2.75, 3.05) is 31.6 Å². The predicted molar refractivity (Wildman–Crippen MR) is 113 cm³/mol. The Hall–Kier alpha value is -2.71. The Labute approximate surface area is 184 Å². The number of aliphatic hydroxyl groups excluding tert-OH is 4. The Morgan fingerprint density at radius 2 is 1.94 bits per heavy atom. The second-order valence-corrected chi connectivity index (χ2v) is 7.85. The van der Waals surface area contributed by atoms with Crippen molar-refractivity contribution in [3.8, 4) is 5.69 Å². The van der Waals surface area contributed by atoms with Crippen molar-refractivity contribution < 1.29 is 25.3 Å². The van der Waals surface area contributed by atoms with E-state index >= 15 is 0 Å². The Morgan fingerprint density at radius 1 is 1.16 bits per heavy atom. The number of rotatable bonds is 11. The Balaban J connectivity index is 1.40. The van der Waals surface area contributed by atoms with Crippen LogP contribution in [-0.4, -0.2) is 101 Å². The zero-order chi connectivity index (χ0) is 23.1. The lowest BCUT2D eigenvalue weighted by Crippen LogP contribution is -2.62. The Bertz CT molecular complexity index is 868. The van der Waals surface area contributed by atoms with Gasteiger partial charge in [-0.25, -0.2) is 0 Å². The van der Waals surface area contributed by atoms with Gasteiger partial charge in [-0.3, -0.25) is 15.0 Å². The van der Waals surface area contributed by atoms with Gasteiger partial charge in [-0.15, -0.1) is 5.10 Å². The largest absolute Gasteiger partial charge is 0.395 e. The first-order valence-electron chi connectivity index (χ1n) is 10.6. The van der Waals surface area contributed by atoms with Gasteiger partial charge in [0.15, 0.2) is 0 Å². The molecule has 3 unspecified atom stereocenters. The van der Waals surface area contributed by atoms with Crippen molar-refractivity contribution in [1.29, 1.82) is 0 Å². The first-order valence-corrected chi connectivity index (χ1v) is 10.6. The number of likely N-dealkylation sites (tertiary alicyclic amines) is 1. The molecule has 1 aliphatic rings. The van der Waals surface area contributed by atoms with Crippen molar-refractivity contribution in [2.24, 2.45) is 0 Å². The van der Waals surface area contributed by atoms with Crippen LogP contribution in [0.1, 0.15) is 25.7 Å². The molecular formula is C19H29N7O6. The van der Waals surface area contributed by atoms with Gasteiger partial charge in [0.2, 0.25) is 0 Å². The summed E-state index contributed by atoms with van der Waals surface area (Å²) in [5.41, 5.74) is 0.818. The topological polar surface area (TPSA) is 183 Å². The van der Waals surface area contributed by atoms with Crippen LogP contribution in [0.2, 0.25) is 0 Å². The van der Waals surface area contributed by atoms with Gasteiger partial charge in [0.05, 0.1) is 23.7 Å². The molecule has 2 heterocycles. The van der Waals surface area contributed by atoms with Crippen LogP contribution in [-0.2, 0) is 0 Å². The van der Waals surface area contributed by atoms with Gasteiger partial charge < -0.3 is 25.7 Å². The van der Waals surface area contributed by atoms with Gasteiger partial charge in [0.25, 0.3) is 5.69 Å². The third-order valence-corrected chi connectivity index (χ3v) is 5.69. The summed E-state index contributed by atoms with van der Waals surface area (Å²) in [7, 11) is 0. The average Bonchev–Trinajstić information content (AvgIpc) is 3.31. The molecule has 2 aromatic rings. The second-order valence-electron chi connectivity index (χ2n) is 7.85. The first-order chi connectivity index (χ1) is 15.4. The maximum atomic E-state index is 11.4. The fourth-order valence-electron chi connectivity index (χ4n) is 3.91. The van der Waals surface area contributed by atoms with E-state index in [2.05, 4.69) is 20.8 Å². The first kappa shape index (κ1) is 23.9. The number of β-amino-alcohol motifs (C(OH)–C–C–N with tert-alkyl or cyclic N) is 1. The third kappa shape index (κ3) is 5.75. The van der Waals surface area contributed by atoms with Crippen LogP contribution < -0.4 is 5.32 Å². The van der Waals surface area contributed by atoms with Crippen LogP contribution in [0.5, 0.6) is 0 Å². The van der Waals surface area contributed by atoms with Crippen molar-refractivity contribution in [1.82, 2.24) is 25.1 Å². The molecular weight excluding hydrogens is 422 g/mol. The molecule has 4 atom stereocenters. The molecule has 1 aromatic heterocycles. The van der Waals surface area contributed by atoms with E-state index in [9.17, 15) is 30.5 Å². The SMILES string of the molecule is O=[N+]([O-])c1cc(NCCCCCCN2CC(O)[C@H](O)C(O)C2CO)ccc1-n1cnnn1.